The number of rotatable bonds is 0. The summed E-state index contributed by atoms with van der Waals surface area (Å²) in [4.78, 5) is -0.000625. The van der Waals surface area contributed by atoms with Crippen molar-refractivity contribution in [2.24, 2.45) is 0 Å². The number of anilines is 1. The van der Waals surface area contributed by atoms with E-state index in [-0.39, 0.29) is 4.99 Å². The Hall–Kier alpha value is -1.50. The normalized spacial score (nSPS) is 18.8. The molecule has 0 fully saturated rings. The van der Waals surface area contributed by atoms with Gasteiger partial charge in [-0.1, -0.05) is 6.92 Å². The molecule has 3 nitrogen and oxygen atoms in total. The van der Waals surface area contributed by atoms with Gasteiger partial charge < -0.3 is 5.32 Å². The maximum Gasteiger partial charge on any atom is 0.416 e. The molecule has 17 heavy (non-hydrogen) atoms. The molecule has 1 aliphatic heterocycles. The lowest BCUT2D eigenvalue weighted by atomic mass is 10.0. The maximum atomic E-state index is 12.5. The Kier molecular flexibility index (Phi) is 2.65. The molecule has 0 saturated carbocycles. The van der Waals surface area contributed by atoms with Crippen LogP contribution in [0.1, 0.15) is 24.0 Å². The van der Waals surface area contributed by atoms with Crippen LogP contribution in [0.5, 0.6) is 0 Å². The average Bonchev–Trinajstić information content (AvgIpc) is 2.54. The first-order chi connectivity index (χ1) is 7.80. The van der Waals surface area contributed by atoms with Gasteiger partial charge in [-0.3, -0.25) is 0 Å². The standard InChI is InChI=1S/C10H8F3NO2S/c1-5-7-4-6(10(11,12)13)2-3-8(7)14-9(5)17(15)16/h2-5,14H,1H3. The predicted molar refractivity (Wildman–Crippen MR) is 57.4 cm³/mol. The summed E-state index contributed by atoms with van der Waals surface area (Å²) in [7, 11) is -2.45. The van der Waals surface area contributed by atoms with E-state index < -0.39 is 28.0 Å². The smallest absolute Gasteiger partial charge is 0.345 e. The molecular weight excluding hydrogens is 255 g/mol. The zero-order valence-electron chi connectivity index (χ0n) is 8.67. The summed E-state index contributed by atoms with van der Waals surface area (Å²) in [5.74, 6) is -0.578. The number of benzene rings is 1. The molecule has 1 unspecified atom stereocenters. The van der Waals surface area contributed by atoms with Crippen molar-refractivity contribution in [3.8, 4) is 0 Å². The third-order valence-corrected chi connectivity index (χ3v) is 3.49. The van der Waals surface area contributed by atoms with Crippen molar-refractivity contribution >= 4 is 21.0 Å². The van der Waals surface area contributed by atoms with Gasteiger partial charge in [0.15, 0.2) is 0 Å². The molecule has 7 heteroatoms. The van der Waals surface area contributed by atoms with E-state index in [0.29, 0.717) is 11.3 Å². The summed E-state index contributed by atoms with van der Waals surface area (Å²) in [5.41, 5.74) is -0.0217. The topological polar surface area (TPSA) is 46.2 Å². The third kappa shape index (κ3) is 2.02. The first kappa shape index (κ1) is 12.0. The first-order valence-corrected chi connectivity index (χ1v) is 5.82. The van der Waals surface area contributed by atoms with Crippen LogP contribution in [0.4, 0.5) is 18.9 Å². The van der Waals surface area contributed by atoms with Gasteiger partial charge in [0.05, 0.1) is 5.56 Å². The second-order valence-corrected chi connectivity index (χ2v) is 4.65. The van der Waals surface area contributed by atoms with E-state index in [1.165, 1.54) is 6.07 Å². The van der Waals surface area contributed by atoms with E-state index in [1.54, 1.807) is 6.92 Å². The SMILES string of the molecule is CC1C(=S(=O)=O)Nc2ccc(C(F)(F)F)cc21. The first-order valence-electron chi connectivity index (χ1n) is 4.75. The van der Waals surface area contributed by atoms with Gasteiger partial charge in [0, 0.05) is 11.6 Å². The van der Waals surface area contributed by atoms with Crippen LogP contribution in [0.2, 0.25) is 0 Å². The van der Waals surface area contributed by atoms with Crippen LogP contribution in [0.15, 0.2) is 18.2 Å². The predicted octanol–water partition coefficient (Wildman–Crippen LogP) is 2.24. The molecule has 1 aromatic carbocycles. The molecule has 0 bridgehead atoms. The molecule has 1 aromatic rings. The number of halogens is 3. The maximum absolute atomic E-state index is 12.5. The summed E-state index contributed by atoms with van der Waals surface area (Å²) < 4.78 is 59.2. The molecule has 0 spiro atoms. The second kappa shape index (κ2) is 3.76. The summed E-state index contributed by atoms with van der Waals surface area (Å²) in [6.45, 7) is 1.55. The molecular formula is C10H8F3NO2S. The Balaban J connectivity index is 2.56. The van der Waals surface area contributed by atoms with E-state index >= 15 is 0 Å². The molecule has 2 rings (SSSR count). The van der Waals surface area contributed by atoms with Crippen molar-refractivity contribution in [1.82, 2.24) is 0 Å². The van der Waals surface area contributed by atoms with Gasteiger partial charge in [-0.15, -0.1) is 0 Å². The highest BCUT2D eigenvalue weighted by molar-refractivity contribution is 7.73. The van der Waals surface area contributed by atoms with Crippen molar-refractivity contribution in [2.75, 3.05) is 5.32 Å². The minimum absolute atomic E-state index is 0.000625. The highest BCUT2D eigenvalue weighted by atomic mass is 32.2. The lowest BCUT2D eigenvalue weighted by molar-refractivity contribution is -0.137. The molecule has 0 amide bonds. The van der Waals surface area contributed by atoms with E-state index in [1.807, 2.05) is 0 Å². The van der Waals surface area contributed by atoms with E-state index in [9.17, 15) is 21.6 Å². The Morgan fingerprint density at radius 3 is 2.47 bits per heavy atom. The van der Waals surface area contributed by atoms with Gasteiger partial charge in [0.2, 0.25) is 10.3 Å². The summed E-state index contributed by atoms with van der Waals surface area (Å²) in [6, 6.07) is 3.15. The van der Waals surface area contributed by atoms with Crippen molar-refractivity contribution in [3.63, 3.8) is 0 Å². The lowest BCUT2D eigenvalue weighted by Crippen LogP contribution is -2.11. The van der Waals surface area contributed by atoms with Crippen LogP contribution in [0.25, 0.3) is 0 Å². The largest absolute Gasteiger partial charge is 0.416 e. The highest BCUT2D eigenvalue weighted by Gasteiger charge is 2.34. The third-order valence-electron chi connectivity index (χ3n) is 2.68. The van der Waals surface area contributed by atoms with Crippen LogP contribution < -0.4 is 5.32 Å². The summed E-state index contributed by atoms with van der Waals surface area (Å²) in [6.07, 6.45) is -4.42. The van der Waals surface area contributed by atoms with Gasteiger partial charge in [-0.2, -0.15) is 21.6 Å². The fraction of sp³-hybridized carbons (Fsp3) is 0.300. The molecule has 1 heterocycles. The average molecular weight is 263 g/mol. The molecule has 1 atom stereocenters. The zero-order chi connectivity index (χ0) is 12.8. The van der Waals surface area contributed by atoms with E-state index in [2.05, 4.69) is 5.32 Å². The van der Waals surface area contributed by atoms with Crippen LogP contribution >= 0.6 is 0 Å². The number of hydrogen-bond donors (Lipinski definition) is 1. The fourth-order valence-corrected chi connectivity index (χ4v) is 2.39. The van der Waals surface area contributed by atoms with Crippen molar-refractivity contribution in [2.45, 2.75) is 19.0 Å². The molecule has 0 saturated heterocycles. The van der Waals surface area contributed by atoms with E-state index in [0.717, 1.165) is 12.1 Å². The van der Waals surface area contributed by atoms with Gasteiger partial charge in [0.25, 0.3) is 0 Å². The number of fused-ring (bicyclic) bond motifs is 1. The Labute approximate surface area is 96.8 Å². The van der Waals surface area contributed by atoms with Gasteiger partial charge in [0.1, 0.15) is 4.99 Å². The van der Waals surface area contributed by atoms with Gasteiger partial charge >= 0.3 is 6.18 Å². The van der Waals surface area contributed by atoms with Crippen LogP contribution in [-0.2, 0) is 16.5 Å². The molecule has 1 aliphatic rings. The lowest BCUT2D eigenvalue weighted by Gasteiger charge is -2.09. The number of nitrogens with one attached hydrogen (secondary N) is 1. The Bertz CT molecular complexity index is 596. The van der Waals surface area contributed by atoms with Crippen LogP contribution in [0, 0.1) is 0 Å². The van der Waals surface area contributed by atoms with Crippen LogP contribution in [-0.4, -0.2) is 13.4 Å². The Morgan fingerprint density at radius 1 is 1.29 bits per heavy atom. The van der Waals surface area contributed by atoms with E-state index in [4.69, 9.17) is 0 Å². The second-order valence-electron chi connectivity index (χ2n) is 3.75. The Morgan fingerprint density at radius 2 is 1.94 bits per heavy atom. The molecule has 92 valence electrons. The minimum atomic E-state index is -4.42. The molecule has 0 aliphatic carbocycles. The summed E-state index contributed by atoms with van der Waals surface area (Å²) >= 11 is 0. The highest BCUT2D eigenvalue weighted by Crippen LogP contribution is 2.37. The van der Waals surface area contributed by atoms with Gasteiger partial charge in [-0.25, -0.2) is 0 Å². The quantitative estimate of drug-likeness (QED) is 0.730. The number of hydrogen-bond acceptors (Lipinski definition) is 2. The van der Waals surface area contributed by atoms with Crippen molar-refractivity contribution in [3.05, 3.63) is 29.3 Å². The monoisotopic (exact) mass is 263 g/mol. The fourth-order valence-electron chi connectivity index (χ4n) is 1.78. The zero-order valence-corrected chi connectivity index (χ0v) is 9.48. The number of alkyl halides is 3. The molecule has 0 aromatic heterocycles. The minimum Gasteiger partial charge on any atom is -0.345 e. The van der Waals surface area contributed by atoms with Crippen molar-refractivity contribution in [1.29, 1.82) is 0 Å². The summed E-state index contributed by atoms with van der Waals surface area (Å²) in [5, 5.41) is 2.60. The molecule has 1 N–H and O–H groups in total. The van der Waals surface area contributed by atoms with Crippen molar-refractivity contribution < 1.29 is 21.6 Å². The molecule has 0 radical (unpaired) electrons. The van der Waals surface area contributed by atoms with Gasteiger partial charge in [-0.05, 0) is 23.8 Å². The van der Waals surface area contributed by atoms with Crippen LogP contribution in [0.3, 0.4) is 0 Å².